The molecule has 138 valence electrons. The summed E-state index contributed by atoms with van der Waals surface area (Å²) >= 11 is 9.24. The van der Waals surface area contributed by atoms with Gasteiger partial charge in [0.25, 0.3) is 0 Å². The summed E-state index contributed by atoms with van der Waals surface area (Å²) in [5, 5.41) is 4.04. The van der Waals surface area contributed by atoms with E-state index in [-0.39, 0.29) is 6.10 Å². The van der Waals surface area contributed by atoms with Gasteiger partial charge < -0.3 is 19.7 Å². The van der Waals surface area contributed by atoms with Gasteiger partial charge in [-0.15, -0.1) is 0 Å². The maximum absolute atomic E-state index is 5.82. The third-order valence-corrected chi connectivity index (χ3v) is 5.19. The van der Waals surface area contributed by atoms with Crippen molar-refractivity contribution in [3.05, 3.63) is 58.6 Å². The molecule has 1 saturated heterocycles. The van der Waals surface area contributed by atoms with Crippen molar-refractivity contribution >= 4 is 38.9 Å². The molecule has 1 aliphatic heterocycles. The van der Waals surface area contributed by atoms with E-state index in [1.807, 2.05) is 36.4 Å². The Morgan fingerprint density at radius 2 is 2.12 bits per heavy atom. The largest absolute Gasteiger partial charge is 0.497 e. The van der Waals surface area contributed by atoms with Gasteiger partial charge in [0.15, 0.2) is 5.11 Å². The quantitative estimate of drug-likeness (QED) is 0.657. The van der Waals surface area contributed by atoms with Gasteiger partial charge in [-0.25, -0.2) is 0 Å². The van der Waals surface area contributed by atoms with Gasteiger partial charge in [-0.05, 0) is 67.0 Å². The summed E-state index contributed by atoms with van der Waals surface area (Å²) in [4.78, 5) is 2.18. The van der Waals surface area contributed by atoms with Crippen LogP contribution in [0.25, 0.3) is 0 Å². The van der Waals surface area contributed by atoms with Crippen LogP contribution in [-0.2, 0) is 11.3 Å². The molecule has 0 spiro atoms. The first-order valence-corrected chi connectivity index (χ1v) is 9.90. The highest BCUT2D eigenvalue weighted by Crippen LogP contribution is 2.20. The molecule has 1 fully saturated rings. The molecular weight excluding hydrogens is 412 g/mol. The Morgan fingerprint density at radius 3 is 2.77 bits per heavy atom. The Bertz CT molecular complexity index is 733. The van der Waals surface area contributed by atoms with Gasteiger partial charge in [-0.1, -0.05) is 28.1 Å². The van der Waals surface area contributed by atoms with Crippen molar-refractivity contribution in [1.29, 1.82) is 0 Å². The summed E-state index contributed by atoms with van der Waals surface area (Å²) < 4.78 is 12.1. The monoisotopic (exact) mass is 434 g/mol. The summed E-state index contributed by atoms with van der Waals surface area (Å²) in [5.41, 5.74) is 2.15. The van der Waals surface area contributed by atoms with E-state index in [1.54, 1.807) is 7.11 Å². The maximum atomic E-state index is 5.82. The number of anilines is 1. The zero-order chi connectivity index (χ0) is 18.4. The predicted octanol–water partition coefficient (Wildman–Crippen LogP) is 4.84. The molecule has 3 rings (SSSR count). The van der Waals surface area contributed by atoms with E-state index in [1.165, 1.54) is 5.56 Å². The highest BCUT2D eigenvalue weighted by atomic mass is 79.9. The van der Waals surface area contributed by atoms with E-state index in [0.717, 1.165) is 48.4 Å². The van der Waals surface area contributed by atoms with Crippen molar-refractivity contribution in [3.63, 3.8) is 0 Å². The van der Waals surface area contributed by atoms with Gasteiger partial charge in [0.05, 0.1) is 13.2 Å². The van der Waals surface area contributed by atoms with E-state index < -0.39 is 0 Å². The molecule has 0 bridgehead atoms. The number of thiocarbonyl (C=S) groups is 1. The van der Waals surface area contributed by atoms with Crippen molar-refractivity contribution in [3.8, 4) is 5.75 Å². The number of benzene rings is 2. The number of halogens is 1. The molecule has 2 aromatic rings. The lowest BCUT2D eigenvalue weighted by atomic mass is 10.2. The van der Waals surface area contributed by atoms with E-state index in [2.05, 4.69) is 38.3 Å². The summed E-state index contributed by atoms with van der Waals surface area (Å²) in [6, 6.07) is 16.1. The van der Waals surface area contributed by atoms with E-state index in [0.29, 0.717) is 5.11 Å². The average molecular weight is 435 g/mol. The minimum atomic E-state index is 0.234. The van der Waals surface area contributed by atoms with Gasteiger partial charge >= 0.3 is 0 Å². The molecular formula is C20H23BrN2O2S. The highest BCUT2D eigenvalue weighted by molar-refractivity contribution is 9.10. The minimum absolute atomic E-state index is 0.234. The Hall–Kier alpha value is -1.63. The van der Waals surface area contributed by atoms with Crippen LogP contribution in [0.15, 0.2) is 53.0 Å². The topological polar surface area (TPSA) is 33.7 Å². The lowest BCUT2D eigenvalue weighted by Gasteiger charge is -2.28. The standard InChI is InChI=1S/C20H23BrN2O2S/c1-24-18-9-7-17(8-10-18)22-20(26)23(14-19-6-3-11-25-19)13-15-4-2-5-16(21)12-15/h2,4-5,7-10,12,19H,3,6,11,13-14H2,1H3,(H,22,26). The third kappa shape index (κ3) is 5.43. The van der Waals surface area contributed by atoms with Gasteiger partial charge in [-0.3, -0.25) is 0 Å². The first-order chi connectivity index (χ1) is 12.6. The van der Waals surface area contributed by atoms with Crippen molar-refractivity contribution in [1.82, 2.24) is 4.90 Å². The normalized spacial score (nSPS) is 16.3. The molecule has 0 aromatic heterocycles. The van der Waals surface area contributed by atoms with Crippen LogP contribution < -0.4 is 10.1 Å². The van der Waals surface area contributed by atoms with Gasteiger partial charge in [-0.2, -0.15) is 0 Å². The molecule has 1 heterocycles. The first kappa shape index (κ1) is 19.1. The molecule has 1 aliphatic rings. The average Bonchev–Trinajstić information content (AvgIpc) is 3.15. The first-order valence-electron chi connectivity index (χ1n) is 8.70. The molecule has 4 nitrogen and oxygen atoms in total. The number of ether oxygens (including phenoxy) is 2. The molecule has 1 unspecified atom stereocenters. The molecule has 0 amide bonds. The zero-order valence-corrected chi connectivity index (χ0v) is 17.2. The van der Waals surface area contributed by atoms with Crippen LogP contribution in [0.1, 0.15) is 18.4 Å². The number of nitrogens with one attached hydrogen (secondary N) is 1. The van der Waals surface area contributed by atoms with Gasteiger partial charge in [0.1, 0.15) is 5.75 Å². The number of hydrogen-bond acceptors (Lipinski definition) is 3. The number of methoxy groups -OCH3 is 1. The molecule has 2 aromatic carbocycles. The second kappa shape index (κ2) is 9.35. The summed E-state index contributed by atoms with van der Waals surface area (Å²) in [5.74, 6) is 0.826. The molecule has 1 N–H and O–H groups in total. The molecule has 1 atom stereocenters. The van der Waals surface area contributed by atoms with Crippen LogP contribution in [-0.4, -0.2) is 36.4 Å². The Balaban J connectivity index is 1.70. The van der Waals surface area contributed by atoms with Crippen molar-refractivity contribution < 1.29 is 9.47 Å². The lowest BCUT2D eigenvalue weighted by Crippen LogP contribution is -2.39. The molecule has 0 aliphatic carbocycles. The fraction of sp³-hybridized carbons (Fsp3) is 0.350. The van der Waals surface area contributed by atoms with Crippen molar-refractivity contribution in [2.24, 2.45) is 0 Å². The number of hydrogen-bond donors (Lipinski definition) is 1. The second-order valence-electron chi connectivity index (χ2n) is 6.30. The highest BCUT2D eigenvalue weighted by Gasteiger charge is 2.21. The predicted molar refractivity (Wildman–Crippen MR) is 113 cm³/mol. The third-order valence-electron chi connectivity index (χ3n) is 4.34. The number of rotatable bonds is 6. The maximum Gasteiger partial charge on any atom is 0.173 e. The summed E-state index contributed by atoms with van der Waals surface area (Å²) in [6.07, 6.45) is 2.44. The van der Waals surface area contributed by atoms with Gasteiger partial charge in [0.2, 0.25) is 0 Å². The van der Waals surface area contributed by atoms with Crippen molar-refractivity contribution in [2.75, 3.05) is 25.6 Å². The number of nitrogens with zero attached hydrogens (tertiary/aromatic N) is 1. The van der Waals surface area contributed by atoms with Crippen LogP contribution in [0, 0.1) is 0 Å². The SMILES string of the molecule is COc1ccc(NC(=S)N(Cc2cccc(Br)c2)CC2CCCO2)cc1. The van der Waals surface area contributed by atoms with Crippen LogP contribution >= 0.6 is 28.1 Å². The second-order valence-corrected chi connectivity index (χ2v) is 7.61. The zero-order valence-electron chi connectivity index (χ0n) is 14.8. The van der Waals surface area contributed by atoms with Crippen molar-refractivity contribution in [2.45, 2.75) is 25.5 Å². The van der Waals surface area contributed by atoms with E-state index in [9.17, 15) is 0 Å². The van der Waals surface area contributed by atoms with Gasteiger partial charge in [0, 0.05) is 29.9 Å². The van der Waals surface area contributed by atoms with E-state index in [4.69, 9.17) is 21.7 Å². The molecule has 6 heteroatoms. The molecule has 0 saturated carbocycles. The lowest BCUT2D eigenvalue weighted by molar-refractivity contribution is 0.0905. The van der Waals surface area contributed by atoms with Crippen LogP contribution in [0.3, 0.4) is 0 Å². The fourth-order valence-electron chi connectivity index (χ4n) is 2.99. The Labute approximate surface area is 168 Å². The summed E-state index contributed by atoms with van der Waals surface area (Å²) in [7, 11) is 1.66. The van der Waals surface area contributed by atoms with Crippen LogP contribution in [0.2, 0.25) is 0 Å². The summed E-state index contributed by atoms with van der Waals surface area (Å²) in [6.45, 7) is 2.36. The minimum Gasteiger partial charge on any atom is -0.497 e. The smallest absolute Gasteiger partial charge is 0.173 e. The van der Waals surface area contributed by atoms with Crippen LogP contribution in [0.4, 0.5) is 5.69 Å². The van der Waals surface area contributed by atoms with Crippen LogP contribution in [0.5, 0.6) is 5.75 Å². The fourth-order valence-corrected chi connectivity index (χ4v) is 3.69. The van der Waals surface area contributed by atoms with E-state index >= 15 is 0 Å². The molecule has 26 heavy (non-hydrogen) atoms. The Kier molecular flexibility index (Phi) is 6.88. The molecule has 0 radical (unpaired) electrons. The Morgan fingerprint density at radius 1 is 1.31 bits per heavy atom.